The van der Waals surface area contributed by atoms with Gasteiger partial charge in [0.05, 0.1) is 10.7 Å². The molecule has 0 aliphatic carbocycles. The lowest BCUT2D eigenvalue weighted by Gasteiger charge is -2.20. The van der Waals surface area contributed by atoms with E-state index in [1.165, 1.54) is 0 Å². The summed E-state index contributed by atoms with van der Waals surface area (Å²) in [5.41, 5.74) is 0.0454. The van der Waals surface area contributed by atoms with E-state index in [-0.39, 0.29) is 11.4 Å². The van der Waals surface area contributed by atoms with E-state index in [9.17, 15) is 14.7 Å². The van der Waals surface area contributed by atoms with Gasteiger partial charge in [-0.15, -0.1) is 0 Å². The molecule has 19 heavy (non-hydrogen) atoms. The van der Waals surface area contributed by atoms with Gasteiger partial charge in [0.2, 0.25) is 0 Å². The van der Waals surface area contributed by atoms with Crippen LogP contribution in [0.2, 0.25) is 5.02 Å². The number of benzene rings is 1. The molecule has 1 amide bonds. The Hall–Kier alpha value is -1.75. The number of halogens is 1. The minimum absolute atomic E-state index is 0.164. The lowest BCUT2D eigenvalue weighted by Crippen LogP contribution is -2.27. The van der Waals surface area contributed by atoms with Gasteiger partial charge in [-0.05, 0) is 32.4 Å². The molecule has 0 aliphatic rings. The molecule has 0 atom stereocenters. The van der Waals surface area contributed by atoms with Crippen molar-refractivity contribution in [2.45, 2.75) is 32.8 Å². The average molecular weight is 285 g/mol. The van der Waals surface area contributed by atoms with Crippen molar-refractivity contribution in [1.29, 1.82) is 0 Å². The van der Waals surface area contributed by atoms with Crippen LogP contribution in [0.3, 0.4) is 0 Å². The van der Waals surface area contributed by atoms with Gasteiger partial charge < -0.3 is 14.6 Å². The molecule has 1 N–H and O–H groups in total. The van der Waals surface area contributed by atoms with Crippen LogP contribution in [0.5, 0.6) is 0 Å². The van der Waals surface area contributed by atoms with Crippen molar-refractivity contribution >= 4 is 29.4 Å². The highest BCUT2D eigenvalue weighted by atomic mass is 35.5. The summed E-state index contributed by atoms with van der Waals surface area (Å²) in [6, 6.07) is 4.71. The number of anilines is 1. The van der Waals surface area contributed by atoms with E-state index >= 15 is 0 Å². The SMILES string of the molecule is CC(C)(C)OC(=O)Nc1cccc(CC(=O)[O-])c1Cl. The highest BCUT2D eigenvalue weighted by Crippen LogP contribution is 2.26. The highest BCUT2D eigenvalue weighted by Gasteiger charge is 2.17. The number of hydrogen-bond acceptors (Lipinski definition) is 4. The van der Waals surface area contributed by atoms with Crippen molar-refractivity contribution in [3.8, 4) is 0 Å². The first-order chi connectivity index (χ1) is 8.69. The van der Waals surface area contributed by atoms with E-state index in [2.05, 4.69) is 5.32 Å². The largest absolute Gasteiger partial charge is 0.550 e. The molecule has 0 aliphatic heterocycles. The number of carbonyl (C=O) groups is 2. The van der Waals surface area contributed by atoms with Crippen molar-refractivity contribution in [3.63, 3.8) is 0 Å². The van der Waals surface area contributed by atoms with Gasteiger partial charge in [-0.3, -0.25) is 5.32 Å². The molecular formula is C13H15ClNO4-. The standard InChI is InChI=1S/C13H16ClNO4/c1-13(2,3)19-12(18)15-9-6-4-5-8(11(9)14)7-10(16)17/h4-6H,7H2,1-3H3,(H,15,18)(H,16,17)/p-1. The van der Waals surface area contributed by atoms with Crippen molar-refractivity contribution in [3.05, 3.63) is 28.8 Å². The van der Waals surface area contributed by atoms with Gasteiger partial charge in [0.15, 0.2) is 0 Å². The minimum Gasteiger partial charge on any atom is -0.550 e. The average Bonchev–Trinajstić information content (AvgIpc) is 2.20. The van der Waals surface area contributed by atoms with Crippen molar-refractivity contribution in [2.75, 3.05) is 5.32 Å². The molecule has 0 bridgehead atoms. The molecule has 1 aromatic carbocycles. The Labute approximate surface area is 116 Å². The molecule has 1 rings (SSSR count). The fraction of sp³-hybridized carbons (Fsp3) is 0.385. The molecule has 1 aromatic rings. The number of carboxylic acids is 1. The fourth-order valence-electron chi connectivity index (χ4n) is 1.38. The Kier molecular flexibility index (Phi) is 4.78. The Balaban J connectivity index is 2.85. The van der Waals surface area contributed by atoms with E-state index in [0.717, 1.165) is 0 Å². The van der Waals surface area contributed by atoms with Crippen LogP contribution < -0.4 is 10.4 Å². The molecular weight excluding hydrogens is 270 g/mol. The number of hydrogen-bond donors (Lipinski definition) is 1. The van der Waals surface area contributed by atoms with Gasteiger partial charge in [0, 0.05) is 12.4 Å². The second-order valence-electron chi connectivity index (χ2n) is 4.95. The number of carbonyl (C=O) groups excluding carboxylic acids is 2. The maximum Gasteiger partial charge on any atom is 0.412 e. The topological polar surface area (TPSA) is 78.5 Å². The van der Waals surface area contributed by atoms with Crippen LogP contribution in [-0.4, -0.2) is 17.7 Å². The summed E-state index contributed by atoms with van der Waals surface area (Å²) < 4.78 is 5.08. The first-order valence-electron chi connectivity index (χ1n) is 5.66. The van der Waals surface area contributed by atoms with Crippen molar-refractivity contribution in [1.82, 2.24) is 0 Å². The van der Waals surface area contributed by atoms with Crippen LogP contribution in [0.4, 0.5) is 10.5 Å². The zero-order chi connectivity index (χ0) is 14.6. The molecule has 0 spiro atoms. The second-order valence-corrected chi connectivity index (χ2v) is 5.33. The molecule has 0 saturated heterocycles. The van der Waals surface area contributed by atoms with Gasteiger partial charge in [-0.1, -0.05) is 23.7 Å². The number of rotatable bonds is 3. The van der Waals surface area contributed by atoms with Crippen LogP contribution in [0.15, 0.2) is 18.2 Å². The van der Waals surface area contributed by atoms with Crippen LogP contribution in [-0.2, 0) is 16.0 Å². The van der Waals surface area contributed by atoms with Crippen LogP contribution in [0, 0.1) is 0 Å². The van der Waals surface area contributed by atoms with Crippen LogP contribution >= 0.6 is 11.6 Å². The first kappa shape index (κ1) is 15.3. The summed E-state index contributed by atoms with van der Waals surface area (Å²) in [6.07, 6.45) is -0.970. The predicted molar refractivity (Wildman–Crippen MR) is 70.0 cm³/mol. The Bertz CT molecular complexity index is 494. The first-order valence-corrected chi connectivity index (χ1v) is 6.04. The molecule has 104 valence electrons. The minimum atomic E-state index is -1.24. The van der Waals surface area contributed by atoms with E-state index in [1.807, 2.05) is 0 Å². The number of carboxylic acid groups (broad SMARTS) is 1. The lowest BCUT2D eigenvalue weighted by atomic mass is 10.1. The Morgan fingerprint density at radius 1 is 1.37 bits per heavy atom. The molecule has 0 heterocycles. The third-order valence-electron chi connectivity index (χ3n) is 2.05. The van der Waals surface area contributed by atoms with E-state index in [4.69, 9.17) is 16.3 Å². The zero-order valence-corrected chi connectivity index (χ0v) is 11.7. The molecule has 5 nitrogen and oxygen atoms in total. The normalized spacial score (nSPS) is 10.9. The summed E-state index contributed by atoms with van der Waals surface area (Å²) in [5.74, 6) is -1.24. The molecule has 0 aromatic heterocycles. The zero-order valence-electron chi connectivity index (χ0n) is 11.0. The molecule has 0 radical (unpaired) electrons. The molecule has 0 fully saturated rings. The summed E-state index contributed by atoms with van der Waals surface area (Å²) in [4.78, 5) is 22.2. The quantitative estimate of drug-likeness (QED) is 0.920. The highest BCUT2D eigenvalue weighted by molar-refractivity contribution is 6.34. The van der Waals surface area contributed by atoms with Gasteiger partial charge in [-0.25, -0.2) is 4.79 Å². The predicted octanol–water partition coefficient (Wildman–Crippen LogP) is 1.98. The third-order valence-corrected chi connectivity index (χ3v) is 2.50. The smallest absolute Gasteiger partial charge is 0.412 e. The number of amides is 1. The maximum absolute atomic E-state index is 11.6. The van der Waals surface area contributed by atoms with Gasteiger partial charge in [-0.2, -0.15) is 0 Å². The van der Waals surface area contributed by atoms with Crippen molar-refractivity contribution < 1.29 is 19.4 Å². The Morgan fingerprint density at radius 2 is 2.00 bits per heavy atom. The number of aliphatic carboxylic acids is 1. The van der Waals surface area contributed by atoms with Crippen LogP contribution in [0.25, 0.3) is 0 Å². The molecule has 0 saturated carbocycles. The summed E-state index contributed by atoms with van der Waals surface area (Å²) in [6.45, 7) is 5.21. The molecule has 6 heteroatoms. The van der Waals surface area contributed by atoms with Gasteiger partial charge in [0.1, 0.15) is 5.60 Å². The van der Waals surface area contributed by atoms with E-state index in [1.54, 1.807) is 39.0 Å². The summed E-state index contributed by atoms with van der Waals surface area (Å²) in [5, 5.41) is 13.2. The molecule has 0 unspecified atom stereocenters. The summed E-state index contributed by atoms with van der Waals surface area (Å²) >= 11 is 6.01. The monoisotopic (exact) mass is 284 g/mol. The van der Waals surface area contributed by atoms with Crippen LogP contribution in [0.1, 0.15) is 26.3 Å². The lowest BCUT2D eigenvalue weighted by molar-refractivity contribution is -0.304. The third kappa shape index (κ3) is 5.18. The van der Waals surface area contributed by atoms with E-state index in [0.29, 0.717) is 11.3 Å². The number of nitrogens with one attached hydrogen (secondary N) is 1. The van der Waals surface area contributed by atoms with E-state index < -0.39 is 17.7 Å². The summed E-state index contributed by atoms with van der Waals surface area (Å²) in [7, 11) is 0. The van der Waals surface area contributed by atoms with Gasteiger partial charge >= 0.3 is 6.09 Å². The second kappa shape index (κ2) is 5.93. The van der Waals surface area contributed by atoms with Crippen molar-refractivity contribution in [2.24, 2.45) is 0 Å². The Morgan fingerprint density at radius 3 is 2.53 bits per heavy atom. The number of ether oxygens (including phenoxy) is 1. The van der Waals surface area contributed by atoms with Gasteiger partial charge in [0.25, 0.3) is 0 Å². The fourth-order valence-corrected chi connectivity index (χ4v) is 1.62. The maximum atomic E-state index is 11.6.